The van der Waals surface area contributed by atoms with Crippen molar-refractivity contribution in [2.24, 2.45) is 5.92 Å². The van der Waals surface area contributed by atoms with E-state index < -0.39 is 0 Å². The SMILES string of the molecule is CN1CCN(C(=O)c2ccc(CN3CCC(CO)CC3)cc2)CC1. The molecule has 0 bridgehead atoms. The van der Waals surface area contributed by atoms with Crippen molar-refractivity contribution in [3.8, 4) is 0 Å². The number of piperidine rings is 1. The standard InChI is InChI=1S/C19H29N3O2/c1-20-10-12-22(13-11-20)19(24)18-4-2-16(3-5-18)14-21-8-6-17(15-23)7-9-21/h2-5,17,23H,6-15H2,1H3. The van der Waals surface area contributed by atoms with Crippen molar-refractivity contribution in [1.29, 1.82) is 0 Å². The summed E-state index contributed by atoms with van der Waals surface area (Å²) in [5.41, 5.74) is 2.05. The van der Waals surface area contributed by atoms with Gasteiger partial charge in [0.05, 0.1) is 0 Å². The summed E-state index contributed by atoms with van der Waals surface area (Å²) >= 11 is 0. The minimum absolute atomic E-state index is 0.151. The minimum atomic E-state index is 0.151. The van der Waals surface area contributed by atoms with Gasteiger partial charge in [-0.3, -0.25) is 9.69 Å². The fourth-order valence-electron chi connectivity index (χ4n) is 3.53. The van der Waals surface area contributed by atoms with Gasteiger partial charge in [0, 0.05) is 44.9 Å². The summed E-state index contributed by atoms with van der Waals surface area (Å²) in [7, 11) is 2.10. The molecule has 1 aromatic rings. The predicted molar refractivity (Wildman–Crippen MR) is 94.9 cm³/mol. The highest BCUT2D eigenvalue weighted by molar-refractivity contribution is 5.94. The average Bonchev–Trinajstić information content (AvgIpc) is 2.63. The number of likely N-dealkylation sites (tertiary alicyclic amines) is 1. The van der Waals surface area contributed by atoms with Crippen LogP contribution in [0.5, 0.6) is 0 Å². The third-order valence-corrected chi connectivity index (χ3v) is 5.36. The number of aliphatic hydroxyl groups is 1. The molecule has 132 valence electrons. The number of amides is 1. The molecule has 2 heterocycles. The van der Waals surface area contributed by atoms with Crippen molar-refractivity contribution < 1.29 is 9.90 Å². The Morgan fingerprint density at radius 1 is 1.04 bits per heavy atom. The number of benzene rings is 1. The molecule has 24 heavy (non-hydrogen) atoms. The molecule has 1 aromatic carbocycles. The molecule has 2 aliphatic heterocycles. The number of rotatable bonds is 4. The molecule has 3 rings (SSSR count). The maximum Gasteiger partial charge on any atom is 0.253 e. The number of carbonyl (C=O) groups is 1. The second kappa shape index (κ2) is 8.10. The molecular weight excluding hydrogens is 302 g/mol. The van der Waals surface area contributed by atoms with Crippen molar-refractivity contribution in [2.45, 2.75) is 19.4 Å². The number of aliphatic hydroxyl groups excluding tert-OH is 1. The number of carbonyl (C=O) groups excluding carboxylic acids is 1. The van der Waals surface area contributed by atoms with Crippen molar-refractivity contribution >= 4 is 5.91 Å². The number of piperazine rings is 1. The van der Waals surface area contributed by atoms with Gasteiger partial charge in [0.1, 0.15) is 0 Å². The number of hydrogen-bond acceptors (Lipinski definition) is 4. The van der Waals surface area contributed by atoms with Crippen molar-refractivity contribution in [1.82, 2.24) is 14.7 Å². The third kappa shape index (κ3) is 4.35. The van der Waals surface area contributed by atoms with Crippen LogP contribution < -0.4 is 0 Å². The monoisotopic (exact) mass is 331 g/mol. The van der Waals surface area contributed by atoms with Crippen molar-refractivity contribution in [3.63, 3.8) is 0 Å². The molecule has 0 spiro atoms. The minimum Gasteiger partial charge on any atom is -0.396 e. The predicted octanol–water partition coefficient (Wildman–Crippen LogP) is 1.28. The van der Waals surface area contributed by atoms with Gasteiger partial charge >= 0.3 is 0 Å². The highest BCUT2D eigenvalue weighted by Gasteiger charge is 2.21. The summed E-state index contributed by atoms with van der Waals surface area (Å²) in [4.78, 5) is 19.2. The second-order valence-corrected chi connectivity index (χ2v) is 7.19. The fraction of sp³-hybridized carbons (Fsp3) is 0.632. The van der Waals surface area contributed by atoms with E-state index in [9.17, 15) is 9.90 Å². The number of nitrogens with zero attached hydrogens (tertiary/aromatic N) is 3. The van der Waals surface area contributed by atoms with Crippen LogP contribution in [0, 0.1) is 5.92 Å². The van der Waals surface area contributed by atoms with Crippen LogP contribution in [0.15, 0.2) is 24.3 Å². The lowest BCUT2D eigenvalue weighted by Crippen LogP contribution is -2.47. The van der Waals surface area contributed by atoms with Crippen LogP contribution in [0.4, 0.5) is 0 Å². The van der Waals surface area contributed by atoms with Gasteiger partial charge in [-0.15, -0.1) is 0 Å². The first-order valence-electron chi connectivity index (χ1n) is 9.05. The quantitative estimate of drug-likeness (QED) is 0.903. The first kappa shape index (κ1) is 17.4. The van der Waals surface area contributed by atoms with Crippen LogP contribution in [0.25, 0.3) is 0 Å². The molecule has 0 aliphatic carbocycles. The molecule has 0 unspecified atom stereocenters. The van der Waals surface area contributed by atoms with Gasteiger partial charge in [-0.1, -0.05) is 12.1 Å². The summed E-state index contributed by atoms with van der Waals surface area (Å²) in [6.07, 6.45) is 2.16. The van der Waals surface area contributed by atoms with Crippen LogP contribution in [0.1, 0.15) is 28.8 Å². The first-order valence-corrected chi connectivity index (χ1v) is 9.05. The Kier molecular flexibility index (Phi) is 5.87. The van der Waals surface area contributed by atoms with Gasteiger partial charge in [0.25, 0.3) is 5.91 Å². The van der Waals surface area contributed by atoms with Crippen molar-refractivity contribution in [3.05, 3.63) is 35.4 Å². The van der Waals surface area contributed by atoms with E-state index in [2.05, 4.69) is 29.0 Å². The molecule has 1 N–H and O–H groups in total. The molecule has 2 fully saturated rings. The van der Waals surface area contributed by atoms with Gasteiger partial charge in [0.2, 0.25) is 0 Å². The fourth-order valence-corrected chi connectivity index (χ4v) is 3.53. The lowest BCUT2D eigenvalue weighted by molar-refractivity contribution is 0.0664. The smallest absolute Gasteiger partial charge is 0.253 e. The number of likely N-dealkylation sites (N-methyl/N-ethyl adjacent to an activating group) is 1. The highest BCUT2D eigenvalue weighted by Crippen LogP contribution is 2.19. The zero-order valence-corrected chi connectivity index (χ0v) is 14.7. The van der Waals surface area contributed by atoms with E-state index in [1.54, 1.807) is 0 Å². The van der Waals surface area contributed by atoms with Gasteiger partial charge in [-0.05, 0) is 56.6 Å². The van der Waals surface area contributed by atoms with E-state index in [-0.39, 0.29) is 5.91 Å². The van der Waals surface area contributed by atoms with Crippen LogP contribution in [0.3, 0.4) is 0 Å². The molecule has 0 radical (unpaired) electrons. The summed E-state index contributed by atoms with van der Waals surface area (Å²) in [5.74, 6) is 0.628. The second-order valence-electron chi connectivity index (χ2n) is 7.19. The molecule has 5 heteroatoms. The number of hydrogen-bond donors (Lipinski definition) is 1. The van der Waals surface area contributed by atoms with Crippen LogP contribution in [-0.4, -0.2) is 78.6 Å². The lowest BCUT2D eigenvalue weighted by Gasteiger charge is -2.32. The van der Waals surface area contributed by atoms with Crippen LogP contribution in [0.2, 0.25) is 0 Å². The molecule has 5 nitrogen and oxygen atoms in total. The first-order chi connectivity index (χ1) is 11.7. The van der Waals surface area contributed by atoms with Crippen molar-refractivity contribution in [2.75, 3.05) is 52.9 Å². The van der Waals surface area contributed by atoms with Gasteiger partial charge in [-0.25, -0.2) is 0 Å². The Balaban J connectivity index is 1.52. The van der Waals surface area contributed by atoms with E-state index in [1.807, 2.05) is 17.0 Å². The summed E-state index contributed by atoms with van der Waals surface area (Å²) in [6, 6.07) is 8.11. The normalized spacial score (nSPS) is 21.2. The Labute approximate surface area is 144 Å². The Morgan fingerprint density at radius 2 is 1.67 bits per heavy atom. The van der Waals surface area contributed by atoms with E-state index in [0.29, 0.717) is 12.5 Å². The largest absolute Gasteiger partial charge is 0.396 e. The Morgan fingerprint density at radius 3 is 2.25 bits per heavy atom. The molecule has 2 saturated heterocycles. The van der Waals surface area contributed by atoms with Crippen LogP contribution in [-0.2, 0) is 6.54 Å². The maximum absolute atomic E-state index is 12.6. The highest BCUT2D eigenvalue weighted by atomic mass is 16.3. The average molecular weight is 331 g/mol. The van der Waals surface area contributed by atoms with Gasteiger partial charge in [-0.2, -0.15) is 0 Å². The van der Waals surface area contributed by atoms with E-state index in [1.165, 1.54) is 5.56 Å². The molecule has 0 aromatic heterocycles. The molecular formula is C19H29N3O2. The third-order valence-electron chi connectivity index (χ3n) is 5.36. The van der Waals surface area contributed by atoms with E-state index >= 15 is 0 Å². The zero-order chi connectivity index (χ0) is 16.9. The summed E-state index contributed by atoms with van der Waals surface area (Å²) in [6.45, 7) is 6.88. The summed E-state index contributed by atoms with van der Waals surface area (Å²) < 4.78 is 0. The van der Waals surface area contributed by atoms with Crippen LogP contribution >= 0.6 is 0 Å². The van der Waals surface area contributed by atoms with Gasteiger partial charge < -0.3 is 14.9 Å². The maximum atomic E-state index is 12.6. The summed E-state index contributed by atoms with van der Waals surface area (Å²) in [5, 5.41) is 9.21. The Bertz CT molecular complexity index is 530. The zero-order valence-electron chi connectivity index (χ0n) is 14.7. The molecule has 0 atom stereocenters. The van der Waals surface area contributed by atoms with Gasteiger partial charge in [0.15, 0.2) is 0 Å². The topological polar surface area (TPSA) is 47.0 Å². The molecule has 0 saturated carbocycles. The molecule has 1 amide bonds. The molecule has 2 aliphatic rings. The lowest BCUT2D eigenvalue weighted by atomic mass is 9.97. The van der Waals surface area contributed by atoms with E-state index in [0.717, 1.165) is 64.2 Å². The Hall–Kier alpha value is -1.43. The van der Waals surface area contributed by atoms with E-state index in [4.69, 9.17) is 0 Å².